The lowest BCUT2D eigenvalue weighted by molar-refractivity contribution is 0.246. The largest absolute Gasteiger partial charge is 0.328 e. The Morgan fingerprint density at radius 2 is 2.16 bits per heavy atom. The van der Waals surface area contributed by atoms with Gasteiger partial charge in [0.15, 0.2) is 0 Å². The quantitative estimate of drug-likeness (QED) is 0.888. The zero-order valence-corrected chi connectivity index (χ0v) is 12.9. The number of halogens is 2. The van der Waals surface area contributed by atoms with Gasteiger partial charge in [0.25, 0.3) is 0 Å². The minimum absolute atomic E-state index is 0.00510. The number of nitrogens with two attached hydrogens (primary N) is 1. The third kappa shape index (κ3) is 2.84. The summed E-state index contributed by atoms with van der Waals surface area (Å²) in [5.41, 5.74) is 5.82. The highest BCUT2D eigenvalue weighted by Crippen LogP contribution is 2.31. The standard InChI is InChI=1S/C12H16BrFN2O2S/c1-8-7-9(15)5-6-16(8)19(17,18)12-10(13)3-2-4-11(12)14/h2-4,8-9H,5-7,15H2,1H3/t8-,9+/m0/s1. The summed E-state index contributed by atoms with van der Waals surface area (Å²) >= 11 is 3.11. The summed E-state index contributed by atoms with van der Waals surface area (Å²) in [6.07, 6.45) is 1.18. The van der Waals surface area contributed by atoms with Crippen molar-refractivity contribution in [1.29, 1.82) is 0 Å². The molecule has 0 saturated carbocycles. The number of piperidine rings is 1. The molecule has 2 rings (SSSR count). The van der Waals surface area contributed by atoms with Gasteiger partial charge in [-0.05, 0) is 47.8 Å². The molecule has 0 aromatic heterocycles. The Kier molecular flexibility index (Phi) is 4.29. The van der Waals surface area contributed by atoms with E-state index in [0.29, 0.717) is 19.4 Å². The summed E-state index contributed by atoms with van der Waals surface area (Å²) in [4.78, 5) is -0.294. The van der Waals surface area contributed by atoms with E-state index in [9.17, 15) is 12.8 Å². The molecule has 0 spiro atoms. The summed E-state index contributed by atoms with van der Waals surface area (Å²) in [5, 5.41) is 0. The Hall–Kier alpha value is -0.500. The van der Waals surface area contributed by atoms with Crippen LogP contribution in [0, 0.1) is 5.82 Å². The highest BCUT2D eigenvalue weighted by atomic mass is 79.9. The molecule has 1 saturated heterocycles. The summed E-state index contributed by atoms with van der Waals surface area (Å²) in [7, 11) is -3.84. The third-order valence-electron chi connectivity index (χ3n) is 3.34. The van der Waals surface area contributed by atoms with Crippen LogP contribution in [-0.2, 0) is 10.0 Å². The first-order valence-electron chi connectivity index (χ1n) is 6.05. The van der Waals surface area contributed by atoms with E-state index in [1.54, 1.807) is 6.92 Å². The average Bonchev–Trinajstić information content (AvgIpc) is 2.27. The van der Waals surface area contributed by atoms with Crippen LogP contribution in [0.5, 0.6) is 0 Å². The van der Waals surface area contributed by atoms with Crippen LogP contribution in [0.3, 0.4) is 0 Å². The van der Waals surface area contributed by atoms with E-state index in [0.717, 1.165) is 6.07 Å². The molecule has 0 aliphatic carbocycles. The molecule has 1 aromatic carbocycles. The normalized spacial score (nSPS) is 25.5. The lowest BCUT2D eigenvalue weighted by atomic mass is 10.0. The summed E-state index contributed by atoms with van der Waals surface area (Å²) in [5.74, 6) is -0.739. The fourth-order valence-electron chi connectivity index (χ4n) is 2.39. The summed E-state index contributed by atoms with van der Waals surface area (Å²) in [6, 6.07) is 3.92. The van der Waals surface area contributed by atoms with Gasteiger partial charge in [-0.2, -0.15) is 4.31 Å². The minimum atomic E-state index is -3.84. The lowest BCUT2D eigenvalue weighted by Gasteiger charge is -2.35. The SMILES string of the molecule is C[C@H]1C[C@H](N)CCN1S(=O)(=O)c1c(F)cccc1Br. The number of rotatable bonds is 2. The third-order valence-corrected chi connectivity index (χ3v) is 6.36. The van der Waals surface area contributed by atoms with Gasteiger partial charge >= 0.3 is 0 Å². The molecule has 2 N–H and O–H groups in total. The van der Waals surface area contributed by atoms with Crippen LogP contribution < -0.4 is 5.73 Å². The molecule has 1 aliphatic heterocycles. The number of nitrogens with zero attached hydrogens (tertiary/aromatic N) is 1. The van der Waals surface area contributed by atoms with E-state index in [1.165, 1.54) is 16.4 Å². The molecule has 19 heavy (non-hydrogen) atoms. The van der Waals surface area contributed by atoms with Gasteiger partial charge < -0.3 is 5.73 Å². The average molecular weight is 351 g/mol. The Morgan fingerprint density at radius 1 is 1.47 bits per heavy atom. The predicted molar refractivity (Wildman–Crippen MR) is 74.7 cm³/mol. The van der Waals surface area contributed by atoms with E-state index in [1.807, 2.05) is 0 Å². The maximum Gasteiger partial charge on any atom is 0.247 e. The maximum absolute atomic E-state index is 13.8. The van der Waals surface area contributed by atoms with E-state index < -0.39 is 15.8 Å². The molecule has 2 atom stereocenters. The number of hydrogen-bond donors (Lipinski definition) is 1. The first kappa shape index (κ1) is 14.9. The van der Waals surface area contributed by atoms with Gasteiger partial charge in [-0.15, -0.1) is 0 Å². The van der Waals surface area contributed by atoms with Crippen LogP contribution in [0.1, 0.15) is 19.8 Å². The summed E-state index contributed by atoms with van der Waals surface area (Å²) < 4.78 is 40.5. The molecule has 1 heterocycles. The van der Waals surface area contributed by atoms with Crippen molar-refractivity contribution in [1.82, 2.24) is 4.31 Å². The Balaban J connectivity index is 2.43. The molecule has 1 fully saturated rings. The van der Waals surface area contributed by atoms with Crippen molar-refractivity contribution < 1.29 is 12.8 Å². The molecular weight excluding hydrogens is 335 g/mol. The second-order valence-corrected chi connectivity index (χ2v) is 7.48. The van der Waals surface area contributed by atoms with Crippen LogP contribution >= 0.6 is 15.9 Å². The van der Waals surface area contributed by atoms with Crippen molar-refractivity contribution in [3.05, 3.63) is 28.5 Å². The topological polar surface area (TPSA) is 63.4 Å². The van der Waals surface area contributed by atoms with E-state index >= 15 is 0 Å². The van der Waals surface area contributed by atoms with Crippen LogP contribution in [-0.4, -0.2) is 31.4 Å². The lowest BCUT2D eigenvalue weighted by Crippen LogP contribution is -2.48. The number of sulfonamides is 1. The van der Waals surface area contributed by atoms with Gasteiger partial charge in [-0.25, -0.2) is 12.8 Å². The Bertz CT molecular complexity index is 559. The molecule has 7 heteroatoms. The van der Waals surface area contributed by atoms with E-state index in [2.05, 4.69) is 15.9 Å². The van der Waals surface area contributed by atoms with Crippen LogP contribution in [0.2, 0.25) is 0 Å². The molecule has 0 amide bonds. The molecular formula is C12H16BrFN2O2S. The highest BCUT2D eigenvalue weighted by molar-refractivity contribution is 9.10. The van der Waals surface area contributed by atoms with Gasteiger partial charge in [0, 0.05) is 23.1 Å². The van der Waals surface area contributed by atoms with Gasteiger partial charge in [0.2, 0.25) is 10.0 Å². The first-order valence-corrected chi connectivity index (χ1v) is 8.28. The first-order chi connectivity index (χ1) is 8.84. The van der Waals surface area contributed by atoms with Crippen LogP contribution in [0.15, 0.2) is 27.6 Å². The molecule has 0 radical (unpaired) electrons. The molecule has 4 nitrogen and oxygen atoms in total. The van der Waals surface area contributed by atoms with Crippen molar-refractivity contribution in [2.24, 2.45) is 5.73 Å². The van der Waals surface area contributed by atoms with E-state index in [-0.39, 0.29) is 21.5 Å². The highest BCUT2D eigenvalue weighted by Gasteiger charge is 2.36. The number of benzene rings is 1. The monoisotopic (exact) mass is 350 g/mol. The Morgan fingerprint density at radius 3 is 2.74 bits per heavy atom. The van der Waals surface area contributed by atoms with Crippen molar-refractivity contribution in [2.45, 2.75) is 36.7 Å². The molecule has 1 aliphatic rings. The van der Waals surface area contributed by atoms with Gasteiger partial charge in [-0.1, -0.05) is 6.07 Å². The Labute approximate surface area is 121 Å². The van der Waals surface area contributed by atoms with E-state index in [4.69, 9.17) is 5.73 Å². The minimum Gasteiger partial charge on any atom is -0.328 e. The number of hydrogen-bond acceptors (Lipinski definition) is 3. The van der Waals surface area contributed by atoms with Crippen LogP contribution in [0.25, 0.3) is 0 Å². The second-order valence-electron chi connectivity index (χ2n) is 4.80. The van der Waals surface area contributed by atoms with Gasteiger partial charge in [0.05, 0.1) is 0 Å². The molecule has 1 aromatic rings. The zero-order valence-electron chi connectivity index (χ0n) is 10.5. The molecule has 0 bridgehead atoms. The smallest absolute Gasteiger partial charge is 0.247 e. The van der Waals surface area contributed by atoms with Crippen molar-refractivity contribution in [3.8, 4) is 0 Å². The van der Waals surface area contributed by atoms with Crippen LogP contribution in [0.4, 0.5) is 4.39 Å². The van der Waals surface area contributed by atoms with Gasteiger partial charge in [-0.3, -0.25) is 0 Å². The van der Waals surface area contributed by atoms with Gasteiger partial charge in [0.1, 0.15) is 10.7 Å². The van der Waals surface area contributed by atoms with Crippen molar-refractivity contribution in [3.63, 3.8) is 0 Å². The fraction of sp³-hybridized carbons (Fsp3) is 0.500. The predicted octanol–water partition coefficient (Wildman–Crippen LogP) is 2.09. The maximum atomic E-state index is 13.8. The molecule has 106 valence electrons. The molecule has 0 unspecified atom stereocenters. The second kappa shape index (κ2) is 5.47. The zero-order chi connectivity index (χ0) is 14.2. The summed E-state index contributed by atoms with van der Waals surface area (Å²) in [6.45, 7) is 2.12. The fourth-order valence-corrected chi connectivity index (χ4v) is 5.12. The van der Waals surface area contributed by atoms with Crippen molar-refractivity contribution in [2.75, 3.05) is 6.54 Å². The van der Waals surface area contributed by atoms with Crippen molar-refractivity contribution >= 4 is 26.0 Å².